The molecular formula is C12H26ClN3O3S. The van der Waals surface area contributed by atoms with Crippen molar-refractivity contribution >= 4 is 28.3 Å². The average molecular weight is 328 g/mol. The number of carbonyl (C=O) groups excluding carboxylic acids is 1. The van der Waals surface area contributed by atoms with Crippen molar-refractivity contribution in [2.45, 2.75) is 45.1 Å². The van der Waals surface area contributed by atoms with Crippen LogP contribution in [0.5, 0.6) is 0 Å². The number of hydrogen-bond acceptors (Lipinski definition) is 4. The van der Waals surface area contributed by atoms with E-state index in [0.717, 1.165) is 19.3 Å². The molecule has 1 heterocycles. The van der Waals surface area contributed by atoms with Crippen LogP contribution in [-0.4, -0.2) is 50.1 Å². The highest BCUT2D eigenvalue weighted by Gasteiger charge is 2.24. The van der Waals surface area contributed by atoms with Crippen LogP contribution in [0.1, 0.15) is 39.0 Å². The molecule has 3 N–H and O–H groups in total. The number of hydrogen-bond donors (Lipinski definition) is 2. The lowest BCUT2D eigenvalue weighted by Crippen LogP contribution is -2.32. The summed E-state index contributed by atoms with van der Waals surface area (Å²) in [6.07, 6.45) is 3.25. The van der Waals surface area contributed by atoms with Gasteiger partial charge in [-0.3, -0.25) is 4.79 Å². The van der Waals surface area contributed by atoms with E-state index < -0.39 is 10.0 Å². The normalized spacial score (nSPS) is 17.5. The minimum Gasteiger partial charge on any atom is -0.356 e. The monoisotopic (exact) mass is 327 g/mol. The number of rotatable bonds is 8. The van der Waals surface area contributed by atoms with Gasteiger partial charge < -0.3 is 11.1 Å². The lowest BCUT2D eigenvalue weighted by molar-refractivity contribution is -0.121. The van der Waals surface area contributed by atoms with E-state index in [1.54, 1.807) is 0 Å². The second kappa shape index (κ2) is 9.55. The third-order valence-electron chi connectivity index (χ3n) is 3.19. The maximum Gasteiger partial charge on any atom is 0.220 e. The molecule has 1 amide bonds. The highest BCUT2D eigenvalue weighted by molar-refractivity contribution is 7.89. The van der Waals surface area contributed by atoms with Crippen LogP contribution in [0.15, 0.2) is 0 Å². The van der Waals surface area contributed by atoms with Crippen molar-refractivity contribution in [2.24, 2.45) is 5.73 Å². The molecule has 1 aliphatic heterocycles. The van der Waals surface area contributed by atoms with Gasteiger partial charge in [-0.1, -0.05) is 0 Å². The van der Waals surface area contributed by atoms with Gasteiger partial charge in [0.25, 0.3) is 0 Å². The molecule has 0 bridgehead atoms. The first-order valence-corrected chi connectivity index (χ1v) is 8.53. The van der Waals surface area contributed by atoms with Gasteiger partial charge in [-0.05, 0) is 32.6 Å². The number of amides is 1. The second-order valence-electron chi connectivity index (χ2n) is 5.14. The van der Waals surface area contributed by atoms with Crippen molar-refractivity contribution in [3.63, 3.8) is 0 Å². The van der Waals surface area contributed by atoms with Gasteiger partial charge in [-0.15, -0.1) is 12.4 Å². The zero-order chi connectivity index (χ0) is 14.3. The van der Waals surface area contributed by atoms with Crippen LogP contribution in [-0.2, 0) is 14.8 Å². The number of carbonyl (C=O) groups is 1. The largest absolute Gasteiger partial charge is 0.356 e. The Hall–Kier alpha value is -0.370. The van der Waals surface area contributed by atoms with E-state index in [9.17, 15) is 13.2 Å². The first kappa shape index (κ1) is 19.6. The van der Waals surface area contributed by atoms with Crippen molar-refractivity contribution in [3.8, 4) is 0 Å². The molecule has 0 aromatic heterocycles. The Bertz CT molecular complexity index is 381. The van der Waals surface area contributed by atoms with Gasteiger partial charge in [0.2, 0.25) is 15.9 Å². The maximum absolute atomic E-state index is 11.9. The van der Waals surface area contributed by atoms with Gasteiger partial charge in [-0.25, -0.2) is 12.7 Å². The molecule has 1 aliphatic rings. The lowest BCUT2D eigenvalue weighted by Gasteiger charge is -2.15. The standard InChI is InChI=1S/C12H25N3O3S.ClH/c1-11(13)6-7-14-12(16)5-4-10-19(17,18)15-8-2-3-9-15;/h11H,2-10,13H2,1H3,(H,14,16);1H. The molecule has 1 rings (SSSR count). The highest BCUT2D eigenvalue weighted by Crippen LogP contribution is 2.14. The van der Waals surface area contributed by atoms with Gasteiger partial charge in [-0.2, -0.15) is 0 Å². The Kier molecular flexibility index (Phi) is 9.37. The molecule has 1 saturated heterocycles. The zero-order valence-electron chi connectivity index (χ0n) is 12.0. The Morgan fingerprint density at radius 3 is 2.50 bits per heavy atom. The predicted octanol–water partition coefficient (Wildman–Crippen LogP) is 0.468. The summed E-state index contributed by atoms with van der Waals surface area (Å²) >= 11 is 0. The van der Waals surface area contributed by atoms with Crippen LogP contribution in [0, 0.1) is 0 Å². The highest BCUT2D eigenvalue weighted by atomic mass is 35.5. The molecule has 1 unspecified atom stereocenters. The van der Waals surface area contributed by atoms with Gasteiger partial charge in [0.05, 0.1) is 5.75 Å². The molecule has 0 spiro atoms. The second-order valence-corrected chi connectivity index (χ2v) is 7.23. The van der Waals surface area contributed by atoms with E-state index in [-0.39, 0.29) is 36.5 Å². The van der Waals surface area contributed by atoms with Gasteiger partial charge in [0, 0.05) is 32.1 Å². The molecule has 6 nitrogen and oxygen atoms in total. The summed E-state index contributed by atoms with van der Waals surface area (Å²) in [5.74, 6) is -0.0365. The molecule has 8 heteroatoms. The van der Waals surface area contributed by atoms with Crippen LogP contribution < -0.4 is 11.1 Å². The van der Waals surface area contributed by atoms with Crippen LogP contribution >= 0.6 is 12.4 Å². The fraction of sp³-hybridized carbons (Fsp3) is 0.917. The zero-order valence-corrected chi connectivity index (χ0v) is 13.6. The first-order chi connectivity index (χ1) is 8.92. The van der Waals surface area contributed by atoms with E-state index >= 15 is 0 Å². The lowest BCUT2D eigenvalue weighted by atomic mass is 10.2. The van der Waals surface area contributed by atoms with Crippen LogP contribution in [0.3, 0.4) is 0 Å². The Morgan fingerprint density at radius 2 is 1.95 bits per heavy atom. The minimum atomic E-state index is -3.16. The molecule has 0 aliphatic carbocycles. The van der Waals surface area contributed by atoms with Crippen LogP contribution in [0.25, 0.3) is 0 Å². The van der Waals surface area contributed by atoms with Crippen molar-refractivity contribution < 1.29 is 13.2 Å². The van der Waals surface area contributed by atoms with Crippen molar-refractivity contribution in [3.05, 3.63) is 0 Å². The molecule has 120 valence electrons. The molecule has 0 aromatic rings. The number of nitrogens with one attached hydrogen (secondary N) is 1. The Balaban J connectivity index is 0.00000361. The summed E-state index contributed by atoms with van der Waals surface area (Å²) in [6.45, 7) is 3.69. The third kappa shape index (κ3) is 7.42. The van der Waals surface area contributed by atoms with E-state index in [2.05, 4.69) is 5.32 Å². The van der Waals surface area contributed by atoms with Gasteiger partial charge in [0.1, 0.15) is 0 Å². The minimum absolute atomic E-state index is 0. The van der Waals surface area contributed by atoms with Crippen molar-refractivity contribution in [1.82, 2.24) is 9.62 Å². The first-order valence-electron chi connectivity index (χ1n) is 6.92. The quantitative estimate of drug-likeness (QED) is 0.677. The van der Waals surface area contributed by atoms with Gasteiger partial charge >= 0.3 is 0 Å². The van der Waals surface area contributed by atoms with Crippen molar-refractivity contribution in [1.29, 1.82) is 0 Å². The Morgan fingerprint density at radius 1 is 1.35 bits per heavy atom. The van der Waals surface area contributed by atoms with E-state index in [4.69, 9.17) is 5.73 Å². The molecular weight excluding hydrogens is 302 g/mol. The number of nitrogens with zero attached hydrogens (tertiary/aromatic N) is 1. The Labute approximate surface area is 127 Å². The summed E-state index contributed by atoms with van der Waals surface area (Å²) in [7, 11) is -3.16. The number of sulfonamides is 1. The molecule has 1 fully saturated rings. The molecule has 20 heavy (non-hydrogen) atoms. The molecule has 1 atom stereocenters. The predicted molar refractivity (Wildman–Crippen MR) is 82.4 cm³/mol. The maximum atomic E-state index is 11.9. The average Bonchev–Trinajstić information content (AvgIpc) is 2.82. The van der Waals surface area contributed by atoms with Crippen LogP contribution in [0.4, 0.5) is 0 Å². The summed E-state index contributed by atoms with van der Waals surface area (Å²) in [5.41, 5.74) is 5.57. The smallest absolute Gasteiger partial charge is 0.220 e. The summed E-state index contributed by atoms with van der Waals surface area (Å²) in [6, 6.07) is 0.0656. The fourth-order valence-electron chi connectivity index (χ4n) is 2.04. The van der Waals surface area contributed by atoms with Crippen LogP contribution in [0.2, 0.25) is 0 Å². The topological polar surface area (TPSA) is 92.5 Å². The summed E-state index contributed by atoms with van der Waals surface area (Å²) in [5, 5.41) is 2.74. The molecule has 0 aromatic carbocycles. The van der Waals surface area contributed by atoms with E-state index in [0.29, 0.717) is 26.1 Å². The third-order valence-corrected chi connectivity index (χ3v) is 5.14. The molecule has 0 saturated carbocycles. The fourth-order valence-corrected chi connectivity index (χ4v) is 3.62. The number of halogens is 1. The van der Waals surface area contributed by atoms with E-state index in [1.165, 1.54) is 4.31 Å². The molecule has 0 radical (unpaired) electrons. The SMILES string of the molecule is CC(N)CCNC(=O)CCCS(=O)(=O)N1CCCC1.Cl. The van der Waals surface area contributed by atoms with Gasteiger partial charge in [0.15, 0.2) is 0 Å². The summed E-state index contributed by atoms with van der Waals surface area (Å²) in [4.78, 5) is 11.5. The van der Waals surface area contributed by atoms with E-state index in [1.807, 2.05) is 6.92 Å². The number of nitrogens with two attached hydrogens (primary N) is 1. The summed E-state index contributed by atoms with van der Waals surface area (Å²) < 4.78 is 25.3. The van der Waals surface area contributed by atoms with Crippen molar-refractivity contribution in [2.75, 3.05) is 25.4 Å².